The molecule has 7 nitrogen and oxygen atoms in total. The Balaban J connectivity index is 2.09. The number of hydrogen-bond donors (Lipinski definition) is 2. The molecule has 0 amide bonds. The molecule has 0 spiro atoms. The summed E-state index contributed by atoms with van der Waals surface area (Å²) < 4.78 is 14.2. The van der Waals surface area contributed by atoms with Gasteiger partial charge in [0.2, 0.25) is 0 Å². The number of rotatable bonds is 4. The molecule has 0 aliphatic rings. The van der Waals surface area contributed by atoms with Crippen LogP contribution in [0.4, 0.5) is 4.39 Å². The van der Waals surface area contributed by atoms with E-state index in [1.807, 2.05) is 0 Å². The van der Waals surface area contributed by atoms with Crippen LogP contribution < -0.4 is 5.56 Å². The van der Waals surface area contributed by atoms with Crippen molar-refractivity contribution in [3.8, 4) is 11.4 Å². The highest BCUT2D eigenvalue weighted by atomic mass is 19.1. The Morgan fingerprint density at radius 1 is 1.30 bits per heavy atom. The van der Waals surface area contributed by atoms with Crippen LogP contribution in [0.3, 0.4) is 0 Å². The van der Waals surface area contributed by atoms with Gasteiger partial charge in [0.25, 0.3) is 11.3 Å². The fourth-order valence-electron chi connectivity index (χ4n) is 2.31. The van der Waals surface area contributed by atoms with E-state index in [-0.39, 0.29) is 30.0 Å². The SMILES string of the molecule is Cc1nc2nc(-c3ccc(F)cc3)[nH]n2c(=O)c1CCC(=O)O. The van der Waals surface area contributed by atoms with Crippen LogP contribution >= 0.6 is 0 Å². The molecule has 0 saturated carbocycles. The van der Waals surface area contributed by atoms with Gasteiger partial charge < -0.3 is 5.11 Å². The molecule has 2 aromatic heterocycles. The highest BCUT2D eigenvalue weighted by Gasteiger charge is 2.15. The zero-order valence-corrected chi connectivity index (χ0v) is 12.2. The summed E-state index contributed by atoms with van der Waals surface area (Å²) in [6, 6.07) is 5.66. The standard InChI is InChI=1S/C15H13FN4O3/c1-8-11(6-7-12(21)22)14(23)20-15(17-8)18-13(19-20)9-2-4-10(16)5-3-9/h2-5H,6-7H2,1H3,(H,21,22)(H,17,18,19). The van der Waals surface area contributed by atoms with Crippen LogP contribution in [0, 0.1) is 12.7 Å². The molecule has 23 heavy (non-hydrogen) atoms. The van der Waals surface area contributed by atoms with E-state index in [2.05, 4.69) is 15.1 Å². The van der Waals surface area contributed by atoms with Gasteiger partial charge in [-0.25, -0.2) is 9.37 Å². The zero-order chi connectivity index (χ0) is 16.6. The molecule has 3 rings (SSSR count). The molecule has 0 atom stereocenters. The summed E-state index contributed by atoms with van der Waals surface area (Å²) >= 11 is 0. The summed E-state index contributed by atoms with van der Waals surface area (Å²) in [5, 5.41) is 11.6. The maximum absolute atomic E-state index is 13.0. The second-order valence-corrected chi connectivity index (χ2v) is 5.09. The lowest BCUT2D eigenvalue weighted by molar-refractivity contribution is -0.136. The van der Waals surface area contributed by atoms with E-state index >= 15 is 0 Å². The molecule has 0 saturated heterocycles. The van der Waals surface area contributed by atoms with E-state index in [0.29, 0.717) is 22.6 Å². The van der Waals surface area contributed by atoms with Crippen LogP contribution in [0.5, 0.6) is 0 Å². The van der Waals surface area contributed by atoms with Crippen LogP contribution in [0.25, 0.3) is 17.2 Å². The van der Waals surface area contributed by atoms with Gasteiger partial charge in [-0.15, -0.1) is 0 Å². The third-order valence-corrected chi connectivity index (χ3v) is 3.50. The molecule has 0 bridgehead atoms. The Hall–Kier alpha value is -3.03. The van der Waals surface area contributed by atoms with Crippen molar-refractivity contribution >= 4 is 11.7 Å². The molecular weight excluding hydrogens is 303 g/mol. The van der Waals surface area contributed by atoms with E-state index in [9.17, 15) is 14.0 Å². The number of fused-ring (bicyclic) bond motifs is 1. The highest BCUT2D eigenvalue weighted by molar-refractivity contribution is 5.67. The second-order valence-electron chi connectivity index (χ2n) is 5.09. The van der Waals surface area contributed by atoms with Gasteiger partial charge in [0, 0.05) is 17.5 Å². The van der Waals surface area contributed by atoms with Crippen LogP contribution in [-0.4, -0.2) is 30.7 Å². The lowest BCUT2D eigenvalue weighted by Gasteiger charge is -2.02. The molecule has 0 unspecified atom stereocenters. The third-order valence-electron chi connectivity index (χ3n) is 3.50. The smallest absolute Gasteiger partial charge is 0.303 e. The van der Waals surface area contributed by atoms with Crippen molar-refractivity contribution in [2.75, 3.05) is 0 Å². The summed E-state index contributed by atoms with van der Waals surface area (Å²) in [6.07, 6.45) is -0.0520. The molecule has 118 valence electrons. The van der Waals surface area contributed by atoms with Gasteiger partial charge in [0.05, 0.1) is 5.69 Å². The van der Waals surface area contributed by atoms with Crippen LogP contribution in [0.15, 0.2) is 29.1 Å². The lowest BCUT2D eigenvalue weighted by atomic mass is 10.1. The van der Waals surface area contributed by atoms with Gasteiger partial charge in [-0.2, -0.15) is 9.50 Å². The van der Waals surface area contributed by atoms with Gasteiger partial charge in [0.1, 0.15) is 5.82 Å². The van der Waals surface area contributed by atoms with Gasteiger partial charge in [-0.3, -0.25) is 14.7 Å². The first-order valence-electron chi connectivity index (χ1n) is 6.91. The van der Waals surface area contributed by atoms with Crippen LogP contribution in [0.1, 0.15) is 17.7 Å². The Bertz CT molecular complexity index is 944. The van der Waals surface area contributed by atoms with Crippen LogP contribution in [-0.2, 0) is 11.2 Å². The molecule has 2 N–H and O–H groups in total. The highest BCUT2D eigenvalue weighted by Crippen LogP contribution is 2.16. The van der Waals surface area contributed by atoms with E-state index in [4.69, 9.17) is 5.11 Å². The zero-order valence-electron chi connectivity index (χ0n) is 12.2. The number of H-pyrrole nitrogens is 1. The Labute approximate surface area is 129 Å². The molecule has 0 radical (unpaired) electrons. The van der Waals surface area contributed by atoms with E-state index < -0.39 is 5.97 Å². The van der Waals surface area contributed by atoms with E-state index in [1.165, 1.54) is 28.8 Å². The molecule has 0 aliphatic heterocycles. The maximum atomic E-state index is 13.0. The number of carboxylic acids is 1. The van der Waals surface area contributed by atoms with Crippen molar-refractivity contribution < 1.29 is 14.3 Å². The Morgan fingerprint density at radius 3 is 2.65 bits per heavy atom. The largest absolute Gasteiger partial charge is 0.481 e. The van der Waals surface area contributed by atoms with Gasteiger partial charge in [0.15, 0.2) is 5.82 Å². The first-order valence-corrected chi connectivity index (χ1v) is 6.91. The Morgan fingerprint density at radius 2 is 2.00 bits per heavy atom. The van der Waals surface area contributed by atoms with Crippen molar-refractivity contribution in [2.45, 2.75) is 19.8 Å². The number of aromatic nitrogens is 4. The lowest BCUT2D eigenvalue weighted by Crippen LogP contribution is -2.22. The van der Waals surface area contributed by atoms with Crippen molar-refractivity contribution in [1.29, 1.82) is 0 Å². The fourth-order valence-corrected chi connectivity index (χ4v) is 2.31. The van der Waals surface area contributed by atoms with Gasteiger partial charge in [-0.05, 0) is 37.6 Å². The first kappa shape index (κ1) is 14.9. The number of halogens is 1. The molecule has 1 aromatic carbocycles. The second kappa shape index (κ2) is 5.64. The number of carbonyl (C=O) groups is 1. The Kier molecular flexibility index (Phi) is 3.65. The molecule has 2 heterocycles. The predicted molar refractivity (Wildman–Crippen MR) is 79.7 cm³/mol. The number of aliphatic carboxylic acids is 1. The average molecular weight is 316 g/mol. The fraction of sp³-hybridized carbons (Fsp3) is 0.200. The van der Waals surface area contributed by atoms with E-state index in [1.54, 1.807) is 6.92 Å². The van der Waals surface area contributed by atoms with Crippen molar-refractivity contribution in [2.24, 2.45) is 0 Å². The molecular formula is C15H13FN4O3. The molecule has 3 aromatic rings. The summed E-state index contributed by atoms with van der Waals surface area (Å²) in [6.45, 7) is 1.64. The minimum atomic E-state index is -0.981. The van der Waals surface area contributed by atoms with Crippen molar-refractivity contribution in [3.05, 3.63) is 51.7 Å². The average Bonchev–Trinajstić information content (AvgIpc) is 2.91. The number of hydrogen-bond acceptors (Lipinski definition) is 4. The van der Waals surface area contributed by atoms with Gasteiger partial charge >= 0.3 is 5.97 Å². The normalized spacial score (nSPS) is 11.0. The third kappa shape index (κ3) is 2.83. The van der Waals surface area contributed by atoms with Gasteiger partial charge in [-0.1, -0.05) is 0 Å². The monoisotopic (exact) mass is 316 g/mol. The number of carboxylic acid groups (broad SMARTS) is 1. The first-order chi connectivity index (χ1) is 11.0. The summed E-state index contributed by atoms with van der Waals surface area (Å²) in [7, 11) is 0. The molecule has 0 fully saturated rings. The number of aromatic amines is 1. The number of benzene rings is 1. The quantitative estimate of drug-likeness (QED) is 0.760. The number of nitrogens with one attached hydrogen (secondary N) is 1. The van der Waals surface area contributed by atoms with Crippen molar-refractivity contribution in [1.82, 2.24) is 19.6 Å². The molecule has 8 heteroatoms. The number of aryl methyl sites for hydroxylation is 1. The summed E-state index contributed by atoms with van der Waals surface area (Å²) in [5.41, 5.74) is 1.02. The minimum Gasteiger partial charge on any atom is -0.481 e. The predicted octanol–water partition coefficient (Wildman–Crippen LogP) is 1.55. The summed E-state index contributed by atoms with van der Waals surface area (Å²) in [4.78, 5) is 31.6. The van der Waals surface area contributed by atoms with E-state index in [0.717, 1.165) is 0 Å². The number of nitrogens with zero attached hydrogens (tertiary/aromatic N) is 3. The maximum Gasteiger partial charge on any atom is 0.303 e. The minimum absolute atomic E-state index is 0.0981. The summed E-state index contributed by atoms with van der Waals surface area (Å²) in [5.74, 6) is -0.784. The topological polar surface area (TPSA) is 100 Å². The van der Waals surface area contributed by atoms with Crippen LogP contribution in [0.2, 0.25) is 0 Å². The molecule has 0 aliphatic carbocycles. The van der Waals surface area contributed by atoms with Crippen molar-refractivity contribution in [3.63, 3.8) is 0 Å².